The monoisotopic (exact) mass is 426 g/mol. The van der Waals surface area contributed by atoms with Gasteiger partial charge in [0.2, 0.25) is 11.7 Å². The standard InChI is InChI=1S/C24H22N6O2/c1-14-8-10-18(11-9-14)23-25-20(17(4)31-23)13-30-16(3)21(27-29-30)24-26-22(28-32-24)19-7-5-6-15(2)12-19/h5-12H,13H2,1-4H3. The molecule has 3 aromatic heterocycles. The van der Waals surface area contributed by atoms with Gasteiger partial charge in [0.15, 0.2) is 5.69 Å². The van der Waals surface area contributed by atoms with E-state index in [2.05, 4.69) is 25.4 Å². The van der Waals surface area contributed by atoms with E-state index in [-0.39, 0.29) is 0 Å². The Hall–Kier alpha value is -4.07. The van der Waals surface area contributed by atoms with Crippen LogP contribution in [0.2, 0.25) is 0 Å². The highest BCUT2D eigenvalue weighted by atomic mass is 16.5. The van der Waals surface area contributed by atoms with Crippen LogP contribution in [0.4, 0.5) is 0 Å². The van der Waals surface area contributed by atoms with E-state index in [0.717, 1.165) is 33.8 Å². The summed E-state index contributed by atoms with van der Waals surface area (Å²) in [6, 6.07) is 16.0. The van der Waals surface area contributed by atoms with Crippen LogP contribution in [0.15, 0.2) is 57.5 Å². The molecule has 5 rings (SSSR count). The van der Waals surface area contributed by atoms with Gasteiger partial charge in [0.1, 0.15) is 11.5 Å². The largest absolute Gasteiger partial charge is 0.441 e. The van der Waals surface area contributed by atoms with Crippen LogP contribution in [-0.2, 0) is 6.54 Å². The average molecular weight is 426 g/mol. The lowest BCUT2D eigenvalue weighted by Crippen LogP contribution is -2.05. The van der Waals surface area contributed by atoms with E-state index in [4.69, 9.17) is 8.94 Å². The third-order valence-corrected chi connectivity index (χ3v) is 5.38. The van der Waals surface area contributed by atoms with Gasteiger partial charge in [0.05, 0.1) is 12.2 Å². The number of hydrogen-bond donors (Lipinski definition) is 0. The maximum absolute atomic E-state index is 5.89. The molecule has 0 saturated carbocycles. The fraction of sp³-hybridized carbons (Fsp3) is 0.208. The molecule has 8 heteroatoms. The summed E-state index contributed by atoms with van der Waals surface area (Å²) in [5.41, 5.74) is 6.31. The van der Waals surface area contributed by atoms with Gasteiger partial charge in [-0.2, -0.15) is 4.98 Å². The predicted molar refractivity (Wildman–Crippen MR) is 119 cm³/mol. The molecule has 0 N–H and O–H groups in total. The second kappa shape index (κ2) is 7.88. The van der Waals surface area contributed by atoms with Crippen molar-refractivity contribution in [2.75, 3.05) is 0 Å². The Bertz CT molecular complexity index is 1390. The molecule has 0 amide bonds. The zero-order valence-electron chi connectivity index (χ0n) is 18.3. The second-order valence-corrected chi connectivity index (χ2v) is 7.86. The lowest BCUT2D eigenvalue weighted by atomic mass is 10.1. The number of aryl methyl sites for hydroxylation is 3. The highest BCUT2D eigenvalue weighted by Gasteiger charge is 2.20. The molecule has 32 heavy (non-hydrogen) atoms. The summed E-state index contributed by atoms with van der Waals surface area (Å²) in [6.07, 6.45) is 0. The Morgan fingerprint density at radius 2 is 1.66 bits per heavy atom. The van der Waals surface area contributed by atoms with Gasteiger partial charge in [-0.25, -0.2) is 9.67 Å². The fourth-order valence-electron chi connectivity index (χ4n) is 3.47. The highest BCUT2D eigenvalue weighted by Crippen LogP contribution is 2.26. The first-order valence-electron chi connectivity index (χ1n) is 10.3. The average Bonchev–Trinajstić information content (AvgIpc) is 3.49. The minimum Gasteiger partial charge on any atom is -0.441 e. The van der Waals surface area contributed by atoms with Gasteiger partial charge < -0.3 is 8.94 Å². The summed E-state index contributed by atoms with van der Waals surface area (Å²) in [7, 11) is 0. The van der Waals surface area contributed by atoms with Crippen molar-refractivity contribution in [3.63, 3.8) is 0 Å². The molecular formula is C24H22N6O2. The van der Waals surface area contributed by atoms with Crippen LogP contribution in [-0.4, -0.2) is 30.1 Å². The third-order valence-electron chi connectivity index (χ3n) is 5.38. The number of hydrogen-bond acceptors (Lipinski definition) is 7. The van der Waals surface area contributed by atoms with Crippen LogP contribution >= 0.6 is 0 Å². The van der Waals surface area contributed by atoms with Crippen LogP contribution in [0, 0.1) is 27.7 Å². The molecule has 0 aliphatic rings. The van der Waals surface area contributed by atoms with Gasteiger partial charge in [-0.05, 0) is 45.9 Å². The van der Waals surface area contributed by atoms with Crippen molar-refractivity contribution in [3.05, 3.63) is 76.8 Å². The van der Waals surface area contributed by atoms with E-state index in [1.54, 1.807) is 4.68 Å². The Morgan fingerprint density at radius 1 is 0.844 bits per heavy atom. The summed E-state index contributed by atoms with van der Waals surface area (Å²) in [5, 5.41) is 12.6. The fourth-order valence-corrected chi connectivity index (χ4v) is 3.47. The van der Waals surface area contributed by atoms with Gasteiger partial charge in [-0.3, -0.25) is 0 Å². The first-order chi connectivity index (χ1) is 15.5. The zero-order valence-corrected chi connectivity index (χ0v) is 18.3. The maximum atomic E-state index is 5.89. The van der Waals surface area contributed by atoms with Crippen LogP contribution in [0.25, 0.3) is 34.4 Å². The molecule has 8 nitrogen and oxygen atoms in total. The molecule has 0 fully saturated rings. The van der Waals surface area contributed by atoms with Crippen LogP contribution in [0.1, 0.15) is 28.3 Å². The topological polar surface area (TPSA) is 95.7 Å². The lowest BCUT2D eigenvalue weighted by molar-refractivity contribution is 0.430. The Balaban J connectivity index is 1.40. The maximum Gasteiger partial charge on any atom is 0.280 e. The smallest absolute Gasteiger partial charge is 0.280 e. The normalized spacial score (nSPS) is 11.2. The van der Waals surface area contributed by atoms with Crippen molar-refractivity contribution in [1.29, 1.82) is 0 Å². The number of rotatable bonds is 5. The van der Waals surface area contributed by atoms with Gasteiger partial charge in [-0.1, -0.05) is 51.8 Å². The summed E-state index contributed by atoms with van der Waals surface area (Å²) < 4.78 is 13.1. The summed E-state index contributed by atoms with van der Waals surface area (Å²) in [5.74, 6) is 2.20. The van der Waals surface area contributed by atoms with Crippen molar-refractivity contribution >= 4 is 0 Å². The molecule has 160 valence electrons. The van der Waals surface area contributed by atoms with E-state index >= 15 is 0 Å². The number of nitrogens with zero attached hydrogens (tertiary/aromatic N) is 6. The lowest BCUT2D eigenvalue weighted by Gasteiger charge is -2.00. The molecule has 0 bridgehead atoms. The van der Waals surface area contributed by atoms with Gasteiger partial charge in [0, 0.05) is 11.1 Å². The van der Waals surface area contributed by atoms with Gasteiger partial charge in [-0.15, -0.1) is 5.10 Å². The Kier molecular flexibility index (Phi) is 4.89. The predicted octanol–water partition coefficient (Wildman–Crippen LogP) is 4.93. The van der Waals surface area contributed by atoms with Crippen LogP contribution < -0.4 is 0 Å². The SMILES string of the molecule is Cc1ccc(-c2nc(Cn3nnc(-c4nc(-c5cccc(C)c5)no4)c3C)c(C)o2)cc1. The summed E-state index contributed by atoms with van der Waals surface area (Å²) in [6.45, 7) is 8.32. The van der Waals surface area contributed by atoms with Gasteiger partial charge in [0.25, 0.3) is 5.89 Å². The second-order valence-electron chi connectivity index (χ2n) is 7.86. The molecule has 0 radical (unpaired) electrons. The molecule has 0 atom stereocenters. The minimum absolute atomic E-state index is 0.336. The van der Waals surface area contributed by atoms with E-state index in [0.29, 0.717) is 29.8 Å². The number of aromatic nitrogens is 6. The van der Waals surface area contributed by atoms with Crippen LogP contribution in [0.5, 0.6) is 0 Å². The molecule has 0 spiro atoms. The van der Waals surface area contributed by atoms with Crippen molar-refractivity contribution in [1.82, 2.24) is 30.1 Å². The molecule has 0 saturated heterocycles. The molecule has 2 aromatic carbocycles. The molecule has 0 aliphatic carbocycles. The van der Waals surface area contributed by atoms with Crippen LogP contribution in [0.3, 0.4) is 0 Å². The first-order valence-corrected chi connectivity index (χ1v) is 10.3. The molecule has 0 aliphatic heterocycles. The molecule has 3 heterocycles. The van der Waals surface area contributed by atoms with E-state index in [1.165, 1.54) is 5.56 Å². The van der Waals surface area contributed by atoms with Gasteiger partial charge >= 0.3 is 0 Å². The molecule has 5 aromatic rings. The quantitative estimate of drug-likeness (QED) is 0.393. The molecular weight excluding hydrogens is 404 g/mol. The Morgan fingerprint density at radius 3 is 2.44 bits per heavy atom. The summed E-state index contributed by atoms with van der Waals surface area (Å²) in [4.78, 5) is 9.19. The molecule has 0 unspecified atom stereocenters. The first kappa shape index (κ1) is 19.9. The van der Waals surface area contributed by atoms with E-state index in [9.17, 15) is 0 Å². The Labute approximate surface area is 184 Å². The van der Waals surface area contributed by atoms with E-state index in [1.807, 2.05) is 76.2 Å². The van der Waals surface area contributed by atoms with Crippen molar-refractivity contribution in [2.24, 2.45) is 0 Å². The highest BCUT2D eigenvalue weighted by molar-refractivity contribution is 5.59. The zero-order chi connectivity index (χ0) is 22.2. The van der Waals surface area contributed by atoms with Crippen molar-refractivity contribution in [2.45, 2.75) is 34.2 Å². The third kappa shape index (κ3) is 3.71. The summed E-state index contributed by atoms with van der Waals surface area (Å²) >= 11 is 0. The van der Waals surface area contributed by atoms with Crippen molar-refractivity contribution in [3.8, 4) is 34.4 Å². The minimum atomic E-state index is 0.336. The van der Waals surface area contributed by atoms with E-state index < -0.39 is 0 Å². The number of oxazole rings is 1. The van der Waals surface area contributed by atoms with Crippen molar-refractivity contribution < 1.29 is 8.94 Å². The number of benzene rings is 2.